The van der Waals surface area contributed by atoms with Crippen LogP contribution in [0.2, 0.25) is 0 Å². The molecule has 0 amide bonds. The molecule has 8 aliphatic carbocycles. The Kier molecular flexibility index (Phi) is 8.15. The quantitative estimate of drug-likeness (QED) is 0.160. The Morgan fingerprint density at radius 3 is 1.62 bits per heavy atom. The van der Waals surface area contributed by atoms with E-state index < -0.39 is 0 Å². The lowest BCUT2D eigenvalue weighted by molar-refractivity contribution is -0.00526. The van der Waals surface area contributed by atoms with Crippen molar-refractivity contribution in [2.24, 2.45) is 35.5 Å². The fourth-order valence-electron chi connectivity index (χ4n) is 19.5. The molecular weight excluding hydrogens is 920 g/mol. The van der Waals surface area contributed by atoms with Crippen molar-refractivity contribution in [2.45, 2.75) is 87.9 Å². The molecule has 4 heterocycles. The van der Waals surface area contributed by atoms with Gasteiger partial charge in [0.2, 0.25) is 0 Å². The van der Waals surface area contributed by atoms with Gasteiger partial charge in [0.1, 0.15) is 11.2 Å². The molecule has 0 unspecified atom stereocenters. The van der Waals surface area contributed by atoms with E-state index in [-0.39, 0.29) is 12.3 Å². The standard InChI is InChI=1S/C72H59BN2O/c1-3-9-48(10-4-1)50-15-18-56(19-16-50)75-65-35-68-60(59-27-51-13-7-8-14-52(51)30-67(59)76-68)34-58(65)61-28-53(49-11-5-2-6-12-49)29-66-69(61)73(75)63-33-55(72-39-45-24-46(40-72)26-47(25-45)41-72)32-62-57-31-54(17-20-64(57)74(66)70(62)63)71-36-42-21-43(37-71)23-44(22-42)38-71/h1-20,27-35,42-47H,21-26,36-41H2. The van der Waals surface area contributed by atoms with E-state index in [4.69, 9.17) is 4.42 Å². The number of furan rings is 1. The summed E-state index contributed by atoms with van der Waals surface area (Å²) >= 11 is 0. The first-order valence-electron chi connectivity index (χ1n) is 29.2. The molecule has 2 aromatic heterocycles. The SMILES string of the molecule is c1ccc(-c2ccc(N3B4c5c(cc(-c6ccccc6)cc5-n5c6ccc(C78CC9CC(CC(C9)C7)C8)cc6c6cc(C78CC9CC(CC(C9)C7)C8)cc4c65)-c4cc5c(cc43)oc3cc4ccccc4cc35)cc2)cc1. The molecule has 3 nitrogen and oxygen atoms in total. The second-order valence-corrected chi connectivity index (χ2v) is 26.1. The predicted octanol–water partition coefficient (Wildman–Crippen LogP) is 17.3. The van der Waals surface area contributed by atoms with Gasteiger partial charge in [0.15, 0.2) is 0 Å². The monoisotopic (exact) mass is 978 g/mol. The Labute approximate surface area is 444 Å². The van der Waals surface area contributed by atoms with Crippen molar-refractivity contribution in [1.82, 2.24) is 4.57 Å². The van der Waals surface area contributed by atoms with E-state index in [1.54, 1.807) is 11.1 Å². The van der Waals surface area contributed by atoms with Crippen LogP contribution < -0.4 is 15.7 Å². The molecule has 0 atom stereocenters. The number of benzene rings is 9. The van der Waals surface area contributed by atoms with Gasteiger partial charge >= 0.3 is 6.85 Å². The Hall–Kier alpha value is -7.30. The first-order chi connectivity index (χ1) is 37.4. The third kappa shape index (κ3) is 5.70. The summed E-state index contributed by atoms with van der Waals surface area (Å²) in [4.78, 5) is 2.75. The first kappa shape index (κ1) is 41.9. The highest BCUT2D eigenvalue weighted by molar-refractivity contribution is 6.93. The molecule has 8 fully saturated rings. The second-order valence-electron chi connectivity index (χ2n) is 26.1. The van der Waals surface area contributed by atoms with Crippen LogP contribution in [0.3, 0.4) is 0 Å². The number of nitrogens with zero attached hydrogens (tertiary/aromatic N) is 2. The molecule has 4 heteroatoms. The summed E-state index contributed by atoms with van der Waals surface area (Å²) in [5.74, 6) is 5.27. The Bertz CT molecular complexity index is 4240. The maximum atomic E-state index is 7.05. The molecule has 0 saturated heterocycles. The molecule has 11 aromatic rings. The number of hydrogen-bond acceptors (Lipinski definition) is 2. The maximum absolute atomic E-state index is 7.05. The third-order valence-corrected chi connectivity index (χ3v) is 21.8. The Morgan fingerprint density at radius 2 is 0.961 bits per heavy atom. The molecule has 366 valence electrons. The zero-order valence-corrected chi connectivity index (χ0v) is 43.1. The van der Waals surface area contributed by atoms with E-state index >= 15 is 0 Å². The minimum Gasteiger partial charge on any atom is -0.456 e. The van der Waals surface area contributed by atoms with Crippen molar-refractivity contribution in [1.29, 1.82) is 0 Å². The van der Waals surface area contributed by atoms with Gasteiger partial charge in [-0.25, -0.2) is 0 Å². The smallest absolute Gasteiger partial charge is 0.333 e. The van der Waals surface area contributed by atoms with Crippen molar-refractivity contribution in [3.8, 4) is 39.1 Å². The van der Waals surface area contributed by atoms with Gasteiger partial charge in [0.05, 0.1) is 11.0 Å². The third-order valence-electron chi connectivity index (χ3n) is 21.8. The van der Waals surface area contributed by atoms with Crippen LogP contribution in [0.15, 0.2) is 180 Å². The van der Waals surface area contributed by atoms with Crippen molar-refractivity contribution in [3.05, 3.63) is 187 Å². The van der Waals surface area contributed by atoms with Crippen LogP contribution in [0.4, 0.5) is 11.4 Å². The molecule has 0 spiro atoms. The largest absolute Gasteiger partial charge is 0.456 e. The molecule has 8 bridgehead atoms. The molecule has 10 aliphatic rings. The van der Waals surface area contributed by atoms with Gasteiger partial charge in [0.25, 0.3) is 0 Å². The molecule has 0 radical (unpaired) electrons. The van der Waals surface area contributed by atoms with E-state index in [0.717, 1.165) is 46.7 Å². The molecule has 9 aromatic carbocycles. The van der Waals surface area contributed by atoms with Crippen LogP contribution in [0, 0.1) is 35.5 Å². The van der Waals surface area contributed by atoms with Gasteiger partial charge in [-0.05, 0) is 245 Å². The summed E-state index contributed by atoms with van der Waals surface area (Å²) < 4.78 is 9.83. The summed E-state index contributed by atoms with van der Waals surface area (Å²) in [7, 11) is 0. The van der Waals surface area contributed by atoms with Gasteiger partial charge in [-0.3, -0.25) is 0 Å². The summed E-state index contributed by atoms with van der Waals surface area (Å²) in [6.07, 6.45) is 16.9. The lowest BCUT2D eigenvalue weighted by Crippen LogP contribution is -2.61. The minimum absolute atomic E-state index is 0.0786. The number of anilines is 2. The van der Waals surface area contributed by atoms with Crippen LogP contribution in [-0.4, -0.2) is 11.4 Å². The van der Waals surface area contributed by atoms with Gasteiger partial charge in [-0.2, -0.15) is 0 Å². The number of rotatable bonds is 5. The molecule has 8 saturated carbocycles. The number of fused-ring (bicyclic) bond motifs is 11. The number of aromatic nitrogens is 1. The van der Waals surface area contributed by atoms with Crippen LogP contribution >= 0.6 is 0 Å². The van der Waals surface area contributed by atoms with Crippen LogP contribution in [-0.2, 0) is 10.8 Å². The Morgan fingerprint density at radius 1 is 0.408 bits per heavy atom. The molecule has 21 rings (SSSR count). The Balaban J connectivity index is 0.932. The zero-order valence-electron chi connectivity index (χ0n) is 43.1. The first-order valence-corrected chi connectivity index (χ1v) is 29.2. The summed E-state index contributed by atoms with van der Waals surface area (Å²) in [6.45, 7) is -0.0786. The maximum Gasteiger partial charge on any atom is 0.333 e. The summed E-state index contributed by atoms with van der Waals surface area (Å²) in [5.41, 5.74) is 22.6. The van der Waals surface area contributed by atoms with E-state index in [0.29, 0.717) is 5.41 Å². The number of hydrogen-bond donors (Lipinski definition) is 0. The van der Waals surface area contributed by atoms with Crippen LogP contribution in [0.25, 0.3) is 93.6 Å². The van der Waals surface area contributed by atoms with Crippen molar-refractivity contribution < 1.29 is 4.42 Å². The van der Waals surface area contributed by atoms with Crippen LogP contribution in [0.5, 0.6) is 0 Å². The van der Waals surface area contributed by atoms with Gasteiger partial charge in [-0.15, -0.1) is 0 Å². The lowest BCUT2D eigenvalue weighted by Gasteiger charge is -2.57. The topological polar surface area (TPSA) is 21.3 Å². The van der Waals surface area contributed by atoms with Crippen molar-refractivity contribution in [3.63, 3.8) is 0 Å². The van der Waals surface area contributed by atoms with Gasteiger partial charge < -0.3 is 13.8 Å². The van der Waals surface area contributed by atoms with E-state index in [2.05, 4.69) is 185 Å². The zero-order chi connectivity index (χ0) is 49.2. The second kappa shape index (κ2) is 14.8. The molecule has 2 aliphatic heterocycles. The average Bonchev–Trinajstić information content (AvgIpc) is 4.09. The highest BCUT2D eigenvalue weighted by atomic mass is 16.3. The lowest BCUT2D eigenvalue weighted by atomic mass is 9.42. The van der Waals surface area contributed by atoms with E-state index in [1.807, 2.05) is 0 Å². The molecular formula is C72H59BN2O. The summed E-state index contributed by atoms with van der Waals surface area (Å²) in [5, 5.41) is 7.73. The van der Waals surface area contributed by atoms with Crippen molar-refractivity contribution >= 4 is 83.7 Å². The normalized spacial score (nSPS) is 27.2. The minimum atomic E-state index is -0.0786. The average molecular weight is 979 g/mol. The van der Waals surface area contributed by atoms with Gasteiger partial charge in [0, 0.05) is 50.2 Å². The fourth-order valence-corrected chi connectivity index (χ4v) is 19.5. The van der Waals surface area contributed by atoms with Crippen molar-refractivity contribution in [2.75, 3.05) is 4.81 Å². The van der Waals surface area contributed by atoms with E-state index in [1.165, 1.54) is 182 Å². The highest BCUT2D eigenvalue weighted by Crippen LogP contribution is 2.63. The molecule has 76 heavy (non-hydrogen) atoms. The fraction of sp³-hybridized carbons (Fsp3) is 0.278. The highest BCUT2D eigenvalue weighted by Gasteiger charge is 2.54. The van der Waals surface area contributed by atoms with E-state index in [9.17, 15) is 0 Å². The predicted molar refractivity (Wildman–Crippen MR) is 315 cm³/mol. The summed E-state index contributed by atoms with van der Waals surface area (Å²) in [6, 6.07) is 68.6. The van der Waals surface area contributed by atoms with Gasteiger partial charge in [-0.1, -0.05) is 109 Å². The molecule has 0 N–H and O–H groups in total. The van der Waals surface area contributed by atoms with Crippen LogP contribution in [0.1, 0.15) is 88.2 Å².